The van der Waals surface area contributed by atoms with Crippen LogP contribution in [0.15, 0.2) is 47.3 Å². The first-order valence-corrected chi connectivity index (χ1v) is 12.9. The van der Waals surface area contributed by atoms with Gasteiger partial charge in [0.2, 0.25) is 0 Å². The van der Waals surface area contributed by atoms with Gasteiger partial charge in [-0.1, -0.05) is 24.3 Å². The van der Waals surface area contributed by atoms with Crippen molar-refractivity contribution < 1.29 is 14.3 Å². The number of para-hydroxylation sites is 1. The second kappa shape index (κ2) is 12.3. The number of thiocarbonyl (C=S) groups is 1. The number of methoxy groups -OCH3 is 1. The van der Waals surface area contributed by atoms with E-state index >= 15 is 0 Å². The Morgan fingerprint density at radius 1 is 1.16 bits per heavy atom. The molecule has 0 saturated carbocycles. The van der Waals surface area contributed by atoms with Crippen molar-refractivity contribution >= 4 is 39.9 Å². The number of anilines is 1. The number of aromatic nitrogens is 1. The molecule has 2 aromatic carbocycles. The lowest BCUT2D eigenvalue weighted by Crippen LogP contribution is -2.40. The summed E-state index contributed by atoms with van der Waals surface area (Å²) in [6, 6.07) is 13.1. The Morgan fingerprint density at radius 3 is 2.65 bits per heavy atom. The predicted molar refractivity (Wildman–Crippen MR) is 150 cm³/mol. The average Bonchev–Trinajstić information content (AvgIpc) is 2.91. The van der Waals surface area contributed by atoms with Crippen LogP contribution in [0, 0.1) is 13.8 Å². The zero-order chi connectivity index (χ0) is 26.4. The van der Waals surface area contributed by atoms with E-state index in [1.165, 1.54) is 7.11 Å². The third kappa shape index (κ3) is 6.54. The molecule has 1 aromatic heterocycles. The second-order valence-electron chi connectivity index (χ2n) is 9.31. The normalized spacial score (nSPS) is 13.9. The van der Waals surface area contributed by atoms with Crippen LogP contribution in [0.5, 0.6) is 0 Å². The van der Waals surface area contributed by atoms with Crippen molar-refractivity contribution in [3.63, 3.8) is 0 Å². The first-order valence-electron chi connectivity index (χ1n) is 12.5. The van der Waals surface area contributed by atoms with Crippen molar-refractivity contribution in [2.45, 2.75) is 26.8 Å². The molecule has 0 radical (unpaired) electrons. The number of hydrogen-bond donors (Lipinski definition) is 2. The van der Waals surface area contributed by atoms with Crippen LogP contribution in [0.25, 0.3) is 10.9 Å². The topological polar surface area (TPSA) is 86.9 Å². The van der Waals surface area contributed by atoms with Crippen LogP contribution in [-0.4, -0.2) is 72.4 Å². The SMILES string of the molecule is COC(=O)c1ccccc1NC(=S)N(CCCN1CCOCC1)Cc1cc2c(C)ccc(C)c2[nH]c1=O. The molecule has 0 bridgehead atoms. The first-order chi connectivity index (χ1) is 17.9. The smallest absolute Gasteiger partial charge is 0.339 e. The molecular formula is C28H34N4O4S. The number of fused-ring (bicyclic) bond motifs is 1. The number of morpholine rings is 1. The fourth-order valence-corrected chi connectivity index (χ4v) is 4.84. The summed E-state index contributed by atoms with van der Waals surface area (Å²) in [6.45, 7) is 9.26. The largest absolute Gasteiger partial charge is 0.465 e. The molecule has 1 fully saturated rings. The summed E-state index contributed by atoms with van der Waals surface area (Å²) in [4.78, 5) is 32.8. The van der Waals surface area contributed by atoms with Crippen molar-refractivity contribution in [3.05, 3.63) is 75.1 Å². The molecule has 1 aliphatic rings. The predicted octanol–water partition coefficient (Wildman–Crippen LogP) is 3.85. The van der Waals surface area contributed by atoms with E-state index in [9.17, 15) is 9.59 Å². The van der Waals surface area contributed by atoms with Gasteiger partial charge in [-0.25, -0.2) is 4.79 Å². The van der Waals surface area contributed by atoms with Crippen molar-refractivity contribution in [1.29, 1.82) is 0 Å². The highest BCUT2D eigenvalue weighted by molar-refractivity contribution is 7.80. The number of benzene rings is 2. The van der Waals surface area contributed by atoms with Gasteiger partial charge in [0.15, 0.2) is 5.11 Å². The molecule has 0 spiro atoms. The molecule has 37 heavy (non-hydrogen) atoms. The van der Waals surface area contributed by atoms with Gasteiger partial charge in [0.1, 0.15) is 0 Å². The summed E-state index contributed by atoms with van der Waals surface area (Å²) in [6.07, 6.45) is 0.865. The number of rotatable bonds is 8. The second-order valence-corrected chi connectivity index (χ2v) is 9.69. The molecule has 0 amide bonds. The number of ether oxygens (including phenoxy) is 2. The van der Waals surface area contributed by atoms with E-state index in [1.54, 1.807) is 18.2 Å². The minimum Gasteiger partial charge on any atom is -0.465 e. The van der Waals surface area contributed by atoms with Crippen LogP contribution in [0.2, 0.25) is 0 Å². The monoisotopic (exact) mass is 522 g/mol. The minimum absolute atomic E-state index is 0.128. The molecule has 0 unspecified atom stereocenters. The molecule has 9 heteroatoms. The number of aromatic amines is 1. The third-order valence-electron chi connectivity index (χ3n) is 6.75. The van der Waals surface area contributed by atoms with Gasteiger partial charge in [-0.3, -0.25) is 9.69 Å². The highest BCUT2D eigenvalue weighted by Gasteiger charge is 2.18. The molecule has 196 valence electrons. The van der Waals surface area contributed by atoms with Gasteiger partial charge in [0, 0.05) is 37.1 Å². The molecule has 1 aliphatic heterocycles. The van der Waals surface area contributed by atoms with E-state index in [0.717, 1.165) is 61.3 Å². The number of esters is 1. The fourth-order valence-electron chi connectivity index (χ4n) is 4.58. The Bertz CT molecular complexity index is 1330. The maximum atomic E-state index is 13.1. The fraction of sp³-hybridized carbons (Fsp3) is 0.393. The lowest BCUT2D eigenvalue weighted by molar-refractivity contribution is 0.0367. The number of H-pyrrole nitrogens is 1. The molecule has 2 heterocycles. The van der Waals surface area contributed by atoms with Crippen LogP contribution < -0.4 is 10.9 Å². The molecule has 4 rings (SSSR count). The molecule has 1 saturated heterocycles. The number of carbonyl (C=O) groups excluding carboxylic acids is 1. The standard InChI is InChI=1S/C28H34N4O4S/c1-19-9-10-20(2)25-23(19)17-21(26(33)30-25)18-32(12-6-11-31-13-15-36-16-14-31)28(37)29-24-8-5-4-7-22(24)27(34)35-3/h4-5,7-10,17H,6,11-16,18H2,1-3H3,(H,29,37)(H,30,33). The lowest BCUT2D eigenvalue weighted by atomic mass is 10.0. The Labute approximate surface area is 222 Å². The van der Waals surface area contributed by atoms with E-state index in [4.69, 9.17) is 21.7 Å². The van der Waals surface area contributed by atoms with E-state index in [-0.39, 0.29) is 5.56 Å². The number of aryl methyl sites for hydroxylation is 2. The summed E-state index contributed by atoms with van der Waals surface area (Å²) in [7, 11) is 1.35. The Balaban J connectivity index is 1.58. The Morgan fingerprint density at radius 2 is 1.89 bits per heavy atom. The summed E-state index contributed by atoms with van der Waals surface area (Å²) < 4.78 is 10.4. The quantitative estimate of drug-likeness (QED) is 0.341. The molecular weight excluding hydrogens is 488 g/mol. The maximum Gasteiger partial charge on any atom is 0.339 e. The highest BCUT2D eigenvalue weighted by atomic mass is 32.1. The molecule has 0 atom stereocenters. The summed E-state index contributed by atoms with van der Waals surface area (Å²) in [5, 5.41) is 4.69. The van der Waals surface area contributed by atoms with E-state index in [1.807, 2.05) is 36.9 Å². The van der Waals surface area contributed by atoms with Gasteiger partial charge in [0.05, 0.1) is 43.6 Å². The van der Waals surface area contributed by atoms with Crippen LogP contribution in [0.4, 0.5) is 5.69 Å². The van der Waals surface area contributed by atoms with Crippen LogP contribution >= 0.6 is 12.2 Å². The van der Waals surface area contributed by atoms with E-state index in [0.29, 0.717) is 35.0 Å². The van der Waals surface area contributed by atoms with Crippen molar-refractivity contribution in [3.8, 4) is 0 Å². The molecule has 3 aromatic rings. The maximum absolute atomic E-state index is 13.1. The number of hydrogen-bond acceptors (Lipinski definition) is 6. The zero-order valence-electron chi connectivity index (χ0n) is 21.6. The van der Waals surface area contributed by atoms with Gasteiger partial charge in [-0.15, -0.1) is 0 Å². The number of carbonyl (C=O) groups is 1. The highest BCUT2D eigenvalue weighted by Crippen LogP contribution is 2.21. The van der Waals surface area contributed by atoms with Crippen LogP contribution in [0.3, 0.4) is 0 Å². The van der Waals surface area contributed by atoms with Gasteiger partial charge in [0.25, 0.3) is 5.56 Å². The Kier molecular flexibility index (Phi) is 8.91. The zero-order valence-corrected chi connectivity index (χ0v) is 22.5. The van der Waals surface area contributed by atoms with E-state index in [2.05, 4.69) is 21.3 Å². The Hall–Kier alpha value is -3.27. The van der Waals surface area contributed by atoms with E-state index < -0.39 is 5.97 Å². The summed E-state index contributed by atoms with van der Waals surface area (Å²) in [5.41, 5.74) is 4.47. The summed E-state index contributed by atoms with van der Waals surface area (Å²) in [5.74, 6) is -0.443. The van der Waals surface area contributed by atoms with Gasteiger partial charge >= 0.3 is 5.97 Å². The number of pyridine rings is 1. The summed E-state index contributed by atoms with van der Waals surface area (Å²) >= 11 is 5.81. The van der Waals surface area contributed by atoms with Crippen molar-refractivity contribution in [2.24, 2.45) is 0 Å². The minimum atomic E-state index is -0.443. The van der Waals surface area contributed by atoms with Crippen molar-refractivity contribution in [2.75, 3.05) is 51.8 Å². The van der Waals surface area contributed by atoms with Crippen LogP contribution in [0.1, 0.15) is 33.5 Å². The van der Waals surface area contributed by atoms with Gasteiger partial charge < -0.3 is 24.7 Å². The lowest BCUT2D eigenvalue weighted by Gasteiger charge is -2.30. The van der Waals surface area contributed by atoms with Crippen LogP contribution in [-0.2, 0) is 16.0 Å². The molecule has 8 nitrogen and oxygen atoms in total. The number of nitrogens with zero attached hydrogens (tertiary/aromatic N) is 2. The third-order valence-corrected chi connectivity index (χ3v) is 7.11. The van der Waals surface area contributed by atoms with Gasteiger partial charge in [-0.05, 0) is 61.8 Å². The van der Waals surface area contributed by atoms with Crippen molar-refractivity contribution in [1.82, 2.24) is 14.8 Å². The average molecular weight is 523 g/mol. The number of nitrogens with one attached hydrogen (secondary N) is 2. The van der Waals surface area contributed by atoms with Gasteiger partial charge in [-0.2, -0.15) is 0 Å². The first kappa shape index (κ1) is 26.8. The molecule has 2 N–H and O–H groups in total. The molecule has 0 aliphatic carbocycles.